The van der Waals surface area contributed by atoms with Gasteiger partial charge in [0.25, 0.3) is 5.91 Å². The molecule has 34 heavy (non-hydrogen) atoms. The summed E-state index contributed by atoms with van der Waals surface area (Å²) in [5.41, 5.74) is 5.32. The Balaban J connectivity index is 1.24. The molecule has 1 fully saturated rings. The van der Waals surface area contributed by atoms with Gasteiger partial charge in [0.2, 0.25) is 5.88 Å². The number of anilines is 1. The number of hydrazine groups is 2. The second-order valence-electron chi connectivity index (χ2n) is 7.78. The number of ether oxygens (including phenoxy) is 1. The second-order valence-corrected chi connectivity index (χ2v) is 7.78. The first kappa shape index (κ1) is 21.7. The normalized spacial score (nSPS) is 15.7. The van der Waals surface area contributed by atoms with E-state index in [2.05, 4.69) is 25.9 Å². The number of benzene rings is 1. The maximum atomic E-state index is 12.8. The molecule has 5 rings (SSSR count). The summed E-state index contributed by atoms with van der Waals surface area (Å²) < 4.78 is 7.13. The predicted octanol–water partition coefficient (Wildman–Crippen LogP) is 2.40. The number of amides is 1. The molecule has 1 amide bonds. The van der Waals surface area contributed by atoms with Crippen molar-refractivity contribution in [2.75, 3.05) is 25.1 Å². The quantitative estimate of drug-likeness (QED) is 0.558. The molecule has 2 aromatic heterocycles. The van der Waals surface area contributed by atoms with E-state index in [0.29, 0.717) is 17.4 Å². The molecule has 0 atom stereocenters. The molecular weight excluding hydrogens is 432 g/mol. The van der Waals surface area contributed by atoms with Gasteiger partial charge in [-0.3, -0.25) is 9.80 Å². The summed E-state index contributed by atoms with van der Waals surface area (Å²) in [5, 5.41) is 11.4. The molecule has 2 aliphatic heterocycles. The molecule has 0 aliphatic carbocycles. The Morgan fingerprint density at radius 3 is 2.65 bits per heavy atom. The van der Waals surface area contributed by atoms with Crippen molar-refractivity contribution < 1.29 is 9.53 Å². The first-order chi connectivity index (χ1) is 16.7. The first-order valence-electron chi connectivity index (χ1n) is 11.1. The van der Waals surface area contributed by atoms with E-state index < -0.39 is 0 Å². The highest BCUT2D eigenvalue weighted by atomic mass is 16.5. The predicted molar refractivity (Wildman–Crippen MR) is 127 cm³/mol. The van der Waals surface area contributed by atoms with Crippen molar-refractivity contribution in [1.82, 2.24) is 35.6 Å². The van der Waals surface area contributed by atoms with Crippen LogP contribution in [-0.2, 0) is 6.54 Å². The van der Waals surface area contributed by atoms with Crippen molar-refractivity contribution in [1.29, 1.82) is 0 Å². The largest absolute Gasteiger partial charge is 0.480 e. The number of nitrogens with one attached hydrogen (secondary N) is 2. The average molecular weight is 459 g/mol. The zero-order chi connectivity index (χ0) is 23.3. The van der Waals surface area contributed by atoms with E-state index in [1.807, 2.05) is 83.4 Å². The summed E-state index contributed by atoms with van der Waals surface area (Å²) in [4.78, 5) is 19.2. The number of methoxy groups -OCH3 is 1. The molecule has 1 saturated heterocycles. The van der Waals surface area contributed by atoms with Crippen molar-refractivity contribution in [2.45, 2.75) is 13.0 Å². The van der Waals surface area contributed by atoms with Crippen LogP contribution < -0.4 is 20.4 Å². The molecule has 4 heterocycles. The summed E-state index contributed by atoms with van der Waals surface area (Å²) >= 11 is 0. The van der Waals surface area contributed by atoms with Crippen LogP contribution in [0.1, 0.15) is 22.5 Å². The number of rotatable bonds is 7. The molecule has 0 radical (unpaired) electrons. The molecule has 1 aromatic carbocycles. The third kappa shape index (κ3) is 4.63. The van der Waals surface area contributed by atoms with Crippen LogP contribution in [0.15, 0.2) is 79.5 Å². The van der Waals surface area contributed by atoms with Gasteiger partial charge in [-0.1, -0.05) is 24.3 Å². The standard InChI is InChI=1S/C24H26N8O2/c1-34-24-19(18-31(28-24)20-7-3-2-4-8-20)17-25-23(33)21-9-5-10-22(27-21)29-13-15-30(16-14-29)32-12-6-11-26-32/h2-5,7-10,13-16,18,26H,6,11-12,17H2,1H3,(H,25,33). The highest BCUT2D eigenvalue weighted by Crippen LogP contribution is 2.20. The minimum atomic E-state index is -0.274. The van der Waals surface area contributed by atoms with Crippen LogP contribution >= 0.6 is 0 Å². The first-order valence-corrected chi connectivity index (χ1v) is 11.1. The third-order valence-corrected chi connectivity index (χ3v) is 5.52. The number of hydrogen-bond acceptors (Lipinski definition) is 8. The van der Waals surface area contributed by atoms with Gasteiger partial charge in [-0.15, -0.1) is 5.10 Å². The maximum absolute atomic E-state index is 12.8. The molecule has 2 N–H and O–H groups in total. The highest BCUT2D eigenvalue weighted by Gasteiger charge is 2.18. The Hall–Kier alpha value is -4.15. The van der Waals surface area contributed by atoms with Gasteiger partial charge < -0.3 is 15.0 Å². The van der Waals surface area contributed by atoms with Crippen molar-refractivity contribution in [2.24, 2.45) is 0 Å². The molecule has 0 saturated carbocycles. The molecule has 3 aromatic rings. The second kappa shape index (κ2) is 9.77. The Labute approximate surface area is 197 Å². The molecule has 10 heteroatoms. The minimum Gasteiger partial charge on any atom is -0.480 e. The number of carbonyl (C=O) groups is 1. The SMILES string of the molecule is COc1nn(-c2ccccc2)cc1CNC(=O)c1cccc(N2C=CN(N3CCCN3)C=C2)n1. The van der Waals surface area contributed by atoms with Crippen LogP contribution in [0.2, 0.25) is 0 Å². The summed E-state index contributed by atoms with van der Waals surface area (Å²) in [6, 6.07) is 15.1. The van der Waals surface area contributed by atoms with Gasteiger partial charge in [0, 0.05) is 44.1 Å². The molecule has 0 bridgehead atoms. The molecule has 174 valence electrons. The van der Waals surface area contributed by atoms with Gasteiger partial charge in [0.05, 0.1) is 24.9 Å². The average Bonchev–Trinajstić information content (AvgIpc) is 3.58. The lowest BCUT2D eigenvalue weighted by Crippen LogP contribution is -2.42. The fourth-order valence-electron chi connectivity index (χ4n) is 3.77. The Bertz CT molecular complexity index is 1190. The zero-order valence-electron chi connectivity index (χ0n) is 18.8. The summed E-state index contributed by atoms with van der Waals surface area (Å²) in [6.07, 6.45) is 10.7. The van der Waals surface area contributed by atoms with E-state index in [4.69, 9.17) is 4.74 Å². The zero-order valence-corrected chi connectivity index (χ0v) is 18.8. The van der Waals surface area contributed by atoms with Gasteiger partial charge >= 0.3 is 0 Å². The van der Waals surface area contributed by atoms with Crippen molar-refractivity contribution >= 4 is 11.7 Å². The molecule has 0 spiro atoms. The van der Waals surface area contributed by atoms with Crippen LogP contribution in [-0.4, -0.2) is 51.0 Å². The van der Waals surface area contributed by atoms with E-state index in [9.17, 15) is 4.79 Å². The Morgan fingerprint density at radius 1 is 1.09 bits per heavy atom. The van der Waals surface area contributed by atoms with Crippen molar-refractivity contribution in [3.8, 4) is 11.6 Å². The summed E-state index contributed by atoms with van der Waals surface area (Å²) in [5.74, 6) is 0.847. The van der Waals surface area contributed by atoms with E-state index in [1.165, 1.54) is 0 Å². The molecule has 10 nitrogen and oxygen atoms in total. The summed E-state index contributed by atoms with van der Waals surface area (Å²) in [7, 11) is 1.56. The van der Waals surface area contributed by atoms with Crippen LogP contribution in [0.25, 0.3) is 5.69 Å². The number of pyridine rings is 1. The molecule has 2 aliphatic rings. The lowest BCUT2D eigenvalue weighted by molar-refractivity contribution is 0.0445. The number of para-hydroxylation sites is 1. The third-order valence-electron chi connectivity index (χ3n) is 5.52. The van der Waals surface area contributed by atoms with Crippen LogP contribution in [0, 0.1) is 0 Å². The van der Waals surface area contributed by atoms with Gasteiger partial charge in [0.15, 0.2) is 0 Å². The monoisotopic (exact) mass is 458 g/mol. The number of carbonyl (C=O) groups excluding carboxylic acids is 1. The van der Waals surface area contributed by atoms with Crippen LogP contribution in [0.5, 0.6) is 5.88 Å². The number of aromatic nitrogens is 3. The van der Waals surface area contributed by atoms with Crippen molar-refractivity contribution in [3.05, 3.63) is 90.8 Å². The van der Waals surface area contributed by atoms with Crippen molar-refractivity contribution in [3.63, 3.8) is 0 Å². The smallest absolute Gasteiger partial charge is 0.270 e. The topological polar surface area (TPSA) is 90.8 Å². The van der Waals surface area contributed by atoms with Gasteiger partial charge in [-0.05, 0) is 30.7 Å². The molecule has 0 unspecified atom stereocenters. The lowest BCUT2D eigenvalue weighted by Gasteiger charge is -2.30. The Kier molecular flexibility index (Phi) is 6.23. The maximum Gasteiger partial charge on any atom is 0.270 e. The van der Waals surface area contributed by atoms with E-state index in [-0.39, 0.29) is 12.5 Å². The van der Waals surface area contributed by atoms with E-state index in [1.54, 1.807) is 17.9 Å². The Morgan fingerprint density at radius 2 is 1.91 bits per heavy atom. The number of nitrogens with zero attached hydrogens (tertiary/aromatic N) is 6. The van der Waals surface area contributed by atoms with Crippen LogP contribution in [0.4, 0.5) is 5.82 Å². The number of hydrogen-bond donors (Lipinski definition) is 2. The lowest BCUT2D eigenvalue weighted by atomic mass is 10.3. The van der Waals surface area contributed by atoms with Crippen LogP contribution in [0.3, 0.4) is 0 Å². The van der Waals surface area contributed by atoms with Gasteiger partial charge in [-0.25, -0.2) is 15.1 Å². The van der Waals surface area contributed by atoms with E-state index in [0.717, 1.165) is 30.8 Å². The van der Waals surface area contributed by atoms with Gasteiger partial charge in [0.1, 0.15) is 11.5 Å². The highest BCUT2D eigenvalue weighted by molar-refractivity contribution is 5.92. The summed E-state index contributed by atoms with van der Waals surface area (Å²) in [6.45, 7) is 2.19. The minimum absolute atomic E-state index is 0.266. The molecular formula is C24H26N8O2. The fourth-order valence-corrected chi connectivity index (χ4v) is 3.77. The van der Waals surface area contributed by atoms with E-state index >= 15 is 0 Å². The van der Waals surface area contributed by atoms with Gasteiger partial charge in [-0.2, -0.15) is 5.12 Å². The fraction of sp³-hybridized carbons (Fsp3) is 0.208.